The van der Waals surface area contributed by atoms with Gasteiger partial charge >= 0.3 is 0 Å². The Morgan fingerprint density at radius 2 is 1.96 bits per heavy atom. The molecular weight excluding hydrogens is 387 g/mol. The standard InChI is InChI=1S/C20H23ClN2O3.ClH/c1-25-16-6-4-5-15(13-16)20(24)22-14-19(23-9-11-26-12-10-23)17-7-2-3-8-18(17)21;/h2-8,13,19H,9-12,14H2,1H3,(H,22,24);1H. The molecule has 0 aromatic heterocycles. The molecule has 7 heteroatoms. The van der Waals surface area contributed by atoms with Crippen molar-refractivity contribution in [3.63, 3.8) is 0 Å². The number of methoxy groups -OCH3 is 1. The number of halogens is 2. The van der Waals surface area contributed by atoms with Crippen molar-refractivity contribution in [2.75, 3.05) is 40.0 Å². The number of ether oxygens (including phenoxy) is 2. The van der Waals surface area contributed by atoms with Crippen LogP contribution in [0.2, 0.25) is 5.02 Å². The quantitative estimate of drug-likeness (QED) is 0.790. The smallest absolute Gasteiger partial charge is 0.251 e. The van der Waals surface area contributed by atoms with Gasteiger partial charge in [-0.3, -0.25) is 9.69 Å². The maximum atomic E-state index is 12.6. The average molecular weight is 411 g/mol. The van der Waals surface area contributed by atoms with E-state index in [0.29, 0.717) is 36.1 Å². The Morgan fingerprint density at radius 1 is 1.22 bits per heavy atom. The fourth-order valence-electron chi connectivity index (χ4n) is 3.13. The maximum absolute atomic E-state index is 12.6. The van der Waals surface area contributed by atoms with Crippen molar-refractivity contribution in [1.82, 2.24) is 10.2 Å². The number of benzene rings is 2. The molecular formula is C20H24Cl2N2O3. The van der Waals surface area contributed by atoms with Crippen LogP contribution >= 0.6 is 24.0 Å². The second kappa shape index (κ2) is 10.5. The van der Waals surface area contributed by atoms with Gasteiger partial charge in [0.2, 0.25) is 0 Å². The summed E-state index contributed by atoms with van der Waals surface area (Å²) in [6.45, 7) is 3.46. The Bertz CT molecular complexity index is 752. The van der Waals surface area contributed by atoms with Crippen LogP contribution < -0.4 is 10.1 Å². The molecule has 1 amide bonds. The van der Waals surface area contributed by atoms with Crippen LogP contribution in [0.3, 0.4) is 0 Å². The maximum Gasteiger partial charge on any atom is 0.251 e. The molecule has 1 N–H and O–H groups in total. The molecule has 1 heterocycles. The topological polar surface area (TPSA) is 50.8 Å². The number of carbonyl (C=O) groups is 1. The summed E-state index contributed by atoms with van der Waals surface area (Å²) < 4.78 is 10.7. The molecule has 1 saturated heterocycles. The van der Waals surface area contributed by atoms with E-state index in [1.165, 1.54) is 0 Å². The molecule has 1 aliphatic rings. The summed E-state index contributed by atoms with van der Waals surface area (Å²) in [5.74, 6) is 0.530. The van der Waals surface area contributed by atoms with Crippen LogP contribution in [-0.4, -0.2) is 50.8 Å². The van der Waals surface area contributed by atoms with Crippen LogP contribution in [0.1, 0.15) is 22.0 Å². The van der Waals surface area contributed by atoms with E-state index in [4.69, 9.17) is 21.1 Å². The fraction of sp³-hybridized carbons (Fsp3) is 0.350. The number of hydrogen-bond donors (Lipinski definition) is 1. The lowest BCUT2D eigenvalue weighted by Gasteiger charge is -2.35. The van der Waals surface area contributed by atoms with E-state index in [1.54, 1.807) is 25.3 Å². The van der Waals surface area contributed by atoms with E-state index < -0.39 is 0 Å². The molecule has 0 saturated carbocycles. The minimum atomic E-state index is -0.130. The van der Waals surface area contributed by atoms with Crippen LogP contribution in [0.4, 0.5) is 0 Å². The zero-order valence-corrected chi connectivity index (χ0v) is 16.8. The van der Waals surface area contributed by atoms with Gasteiger partial charge in [0.25, 0.3) is 5.91 Å². The SMILES string of the molecule is COc1cccc(C(=O)NCC(c2ccccc2Cl)N2CCOCC2)c1.Cl. The fourth-order valence-corrected chi connectivity index (χ4v) is 3.39. The molecule has 3 rings (SSSR count). The highest BCUT2D eigenvalue weighted by atomic mass is 35.5. The summed E-state index contributed by atoms with van der Waals surface area (Å²) in [5, 5.41) is 3.75. The van der Waals surface area contributed by atoms with Crippen molar-refractivity contribution in [2.24, 2.45) is 0 Å². The molecule has 1 unspecified atom stereocenters. The van der Waals surface area contributed by atoms with E-state index in [9.17, 15) is 4.79 Å². The summed E-state index contributed by atoms with van der Waals surface area (Å²) >= 11 is 6.42. The van der Waals surface area contributed by atoms with Crippen LogP contribution in [0.25, 0.3) is 0 Å². The predicted octanol–water partition coefficient (Wildman–Crippen LogP) is 3.57. The van der Waals surface area contributed by atoms with E-state index in [-0.39, 0.29) is 24.4 Å². The zero-order chi connectivity index (χ0) is 18.4. The largest absolute Gasteiger partial charge is 0.497 e. The molecule has 1 fully saturated rings. The lowest BCUT2D eigenvalue weighted by atomic mass is 10.0. The number of carbonyl (C=O) groups excluding carboxylic acids is 1. The van der Waals surface area contributed by atoms with Gasteiger partial charge in [-0.2, -0.15) is 0 Å². The summed E-state index contributed by atoms with van der Waals surface area (Å²) in [4.78, 5) is 14.9. The number of morpholine rings is 1. The first kappa shape index (κ1) is 21.5. The van der Waals surface area contributed by atoms with Gasteiger partial charge in [-0.05, 0) is 29.8 Å². The lowest BCUT2D eigenvalue weighted by Crippen LogP contribution is -2.44. The lowest BCUT2D eigenvalue weighted by molar-refractivity contribution is 0.0162. The minimum absolute atomic E-state index is 0. The molecule has 27 heavy (non-hydrogen) atoms. The van der Waals surface area contributed by atoms with Crippen molar-refractivity contribution >= 4 is 29.9 Å². The Kier molecular flexibility index (Phi) is 8.38. The third-order valence-electron chi connectivity index (χ3n) is 4.54. The van der Waals surface area contributed by atoms with E-state index >= 15 is 0 Å². The van der Waals surface area contributed by atoms with Gasteiger partial charge in [0.1, 0.15) is 5.75 Å². The van der Waals surface area contributed by atoms with Gasteiger partial charge in [0.15, 0.2) is 0 Å². The second-order valence-electron chi connectivity index (χ2n) is 6.13. The minimum Gasteiger partial charge on any atom is -0.497 e. The number of nitrogens with zero attached hydrogens (tertiary/aromatic N) is 1. The van der Waals surface area contributed by atoms with Crippen molar-refractivity contribution in [3.8, 4) is 5.75 Å². The molecule has 2 aromatic rings. The molecule has 1 atom stereocenters. The Balaban J connectivity index is 0.00000261. The van der Waals surface area contributed by atoms with Crippen LogP contribution in [0.15, 0.2) is 48.5 Å². The van der Waals surface area contributed by atoms with Crippen LogP contribution in [0.5, 0.6) is 5.75 Å². The summed E-state index contributed by atoms with van der Waals surface area (Å²) in [5.41, 5.74) is 1.59. The van der Waals surface area contributed by atoms with Gasteiger partial charge in [0, 0.05) is 30.2 Å². The third-order valence-corrected chi connectivity index (χ3v) is 4.88. The normalized spacial score (nSPS) is 15.5. The van der Waals surface area contributed by atoms with Gasteiger partial charge in [-0.15, -0.1) is 12.4 Å². The van der Waals surface area contributed by atoms with Crippen molar-refractivity contribution < 1.29 is 14.3 Å². The second-order valence-corrected chi connectivity index (χ2v) is 6.53. The Labute approximate surface area is 171 Å². The summed E-state index contributed by atoms with van der Waals surface area (Å²) in [6, 6.07) is 14.9. The zero-order valence-electron chi connectivity index (χ0n) is 15.2. The molecule has 146 valence electrons. The van der Waals surface area contributed by atoms with Crippen molar-refractivity contribution in [2.45, 2.75) is 6.04 Å². The molecule has 1 aliphatic heterocycles. The van der Waals surface area contributed by atoms with Gasteiger partial charge in [-0.1, -0.05) is 35.9 Å². The van der Waals surface area contributed by atoms with E-state index in [0.717, 1.165) is 18.7 Å². The first-order chi connectivity index (χ1) is 12.7. The highest BCUT2D eigenvalue weighted by Gasteiger charge is 2.25. The summed E-state index contributed by atoms with van der Waals surface area (Å²) in [6.07, 6.45) is 0. The third kappa shape index (κ3) is 5.59. The highest BCUT2D eigenvalue weighted by molar-refractivity contribution is 6.31. The average Bonchev–Trinajstić information content (AvgIpc) is 2.70. The molecule has 2 aromatic carbocycles. The van der Waals surface area contributed by atoms with Gasteiger partial charge < -0.3 is 14.8 Å². The van der Waals surface area contributed by atoms with Crippen LogP contribution in [0, 0.1) is 0 Å². The molecule has 0 aliphatic carbocycles. The summed E-state index contributed by atoms with van der Waals surface area (Å²) in [7, 11) is 1.59. The first-order valence-electron chi connectivity index (χ1n) is 8.67. The van der Waals surface area contributed by atoms with E-state index in [1.807, 2.05) is 30.3 Å². The van der Waals surface area contributed by atoms with Crippen molar-refractivity contribution in [3.05, 3.63) is 64.7 Å². The van der Waals surface area contributed by atoms with Gasteiger partial charge in [-0.25, -0.2) is 0 Å². The molecule has 0 spiro atoms. The number of hydrogen-bond acceptors (Lipinski definition) is 4. The predicted molar refractivity (Wildman–Crippen MR) is 109 cm³/mol. The molecule has 0 radical (unpaired) electrons. The van der Waals surface area contributed by atoms with Crippen molar-refractivity contribution in [1.29, 1.82) is 0 Å². The number of rotatable bonds is 6. The number of amides is 1. The monoisotopic (exact) mass is 410 g/mol. The molecule has 5 nitrogen and oxygen atoms in total. The Hall–Kier alpha value is -1.79. The van der Waals surface area contributed by atoms with Crippen LogP contribution in [-0.2, 0) is 4.74 Å². The van der Waals surface area contributed by atoms with E-state index in [2.05, 4.69) is 10.2 Å². The number of nitrogens with one attached hydrogen (secondary N) is 1. The molecule has 0 bridgehead atoms. The highest BCUT2D eigenvalue weighted by Crippen LogP contribution is 2.28. The van der Waals surface area contributed by atoms with Gasteiger partial charge in [0.05, 0.1) is 26.4 Å². The Morgan fingerprint density at radius 3 is 2.67 bits per heavy atom. The first-order valence-corrected chi connectivity index (χ1v) is 9.05.